The summed E-state index contributed by atoms with van der Waals surface area (Å²) in [5, 5.41) is 15.2. The van der Waals surface area contributed by atoms with Gasteiger partial charge in [-0.3, -0.25) is 4.90 Å². The molecular weight excluding hydrogens is 314 g/mol. The first-order valence-corrected chi connectivity index (χ1v) is 9.41. The van der Waals surface area contributed by atoms with Crippen LogP contribution < -0.4 is 10.6 Å². The number of carbonyl (C=O) groups is 1. The molecule has 0 aliphatic carbocycles. The van der Waals surface area contributed by atoms with Crippen molar-refractivity contribution in [2.24, 2.45) is 0 Å². The number of hydrogen-bond donors (Lipinski definition) is 3. The first kappa shape index (κ1) is 19.7. The van der Waals surface area contributed by atoms with Crippen molar-refractivity contribution in [3.63, 3.8) is 0 Å². The second-order valence-electron chi connectivity index (χ2n) is 7.90. The molecule has 0 unspecified atom stereocenters. The molecule has 1 aromatic rings. The Balaban J connectivity index is 1.70. The fraction of sp³-hybridized carbons (Fsp3) is 0.650. The zero-order valence-corrected chi connectivity index (χ0v) is 15.8. The number of nitrogens with one attached hydrogen (secondary N) is 2. The summed E-state index contributed by atoms with van der Waals surface area (Å²) in [6, 6.07) is 8.14. The Hall–Kier alpha value is -1.59. The van der Waals surface area contributed by atoms with Crippen LogP contribution in [-0.4, -0.2) is 48.3 Å². The second-order valence-corrected chi connectivity index (χ2v) is 7.90. The van der Waals surface area contributed by atoms with Crippen molar-refractivity contribution in [2.75, 3.05) is 31.6 Å². The van der Waals surface area contributed by atoms with E-state index < -0.39 is 0 Å². The van der Waals surface area contributed by atoms with E-state index in [2.05, 4.69) is 42.4 Å². The van der Waals surface area contributed by atoms with Crippen LogP contribution >= 0.6 is 0 Å². The van der Waals surface area contributed by atoms with Crippen LogP contribution in [0.5, 0.6) is 0 Å². The van der Waals surface area contributed by atoms with Crippen molar-refractivity contribution >= 4 is 11.7 Å². The Morgan fingerprint density at radius 1 is 1.28 bits per heavy atom. The molecule has 1 saturated heterocycles. The molecule has 2 rings (SSSR count). The summed E-state index contributed by atoms with van der Waals surface area (Å²) < 4.78 is 0. The number of benzene rings is 1. The lowest BCUT2D eigenvalue weighted by Gasteiger charge is -2.23. The van der Waals surface area contributed by atoms with Gasteiger partial charge in [-0.15, -0.1) is 0 Å². The van der Waals surface area contributed by atoms with E-state index in [4.69, 9.17) is 0 Å². The van der Waals surface area contributed by atoms with Gasteiger partial charge in [0.1, 0.15) is 0 Å². The Labute approximate surface area is 151 Å². The molecule has 0 spiro atoms. The van der Waals surface area contributed by atoms with E-state index in [9.17, 15) is 9.90 Å². The Morgan fingerprint density at radius 2 is 2.04 bits per heavy atom. The summed E-state index contributed by atoms with van der Waals surface area (Å²) in [5.41, 5.74) is 1.99. The van der Waals surface area contributed by atoms with Crippen molar-refractivity contribution in [1.29, 1.82) is 0 Å². The second kappa shape index (κ2) is 9.20. The third-order valence-corrected chi connectivity index (χ3v) is 4.85. The number of unbranched alkanes of at least 4 members (excludes halogenated alkanes) is 1. The monoisotopic (exact) mass is 347 g/mol. The SMILES string of the molecule is CC(C)(C)c1ccccc1NC(=O)NCCCCN1CCC[C@H]1CO. The summed E-state index contributed by atoms with van der Waals surface area (Å²) in [5.74, 6) is 0. The molecule has 0 radical (unpaired) electrons. The minimum atomic E-state index is -0.147. The molecule has 3 N–H and O–H groups in total. The van der Waals surface area contributed by atoms with Gasteiger partial charge in [0.15, 0.2) is 0 Å². The third kappa shape index (κ3) is 6.01. The highest BCUT2D eigenvalue weighted by Gasteiger charge is 2.22. The predicted octanol–water partition coefficient (Wildman–Crippen LogP) is 3.34. The van der Waals surface area contributed by atoms with Crippen LogP contribution in [0.3, 0.4) is 0 Å². The number of carbonyl (C=O) groups excluding carboxylic acids is 1. The first-order valence-electron chi connectivity index (χ1n) is 9.41. The molecule has 2 amide bonds. The first-order chi connectivity index (χ1) is 11.9. The number of para-hydroxylation sites is 1. The van der Waals surface area contributed by atoms with E-state index in [0.29, 0.717) is 12.6 Å². The highest BCUT2D eigenvalue weighted by molar-refractivity contribution is 5.90. The van der Waals surface area contributed by atoms with Crippen LogP contribution in [-0.2, 0) is 5.41 Å². The van der Waals surface area contributed by atoms with Gasteiger partial charge in [-0.05, 0) is 55.8 Å². The third-order valence-electron chi connectivity index (χ3n) is 4.85. The zero-order chi connectivity index (χ0) is 18.3. The average Bonchev–Trinajstić information content (AvgIpc) is 3.01. The molecule has 1 aliphatic rings. The van der Waals surface area contributed by atoms with Gasteiger partial charge in [0, 0.05) is 18.3 Å². The number of hydrogen-bond acceptors (Lipinski definition) is 3. The van der Waals surface area contributed by atoms with Crippen LogP contribution in [0.15, 0.2) is 24.3 Å². The number of nitrogens with zero attached hydrogens (tertiary/aromatic N) is 1. The van der Waals surface area contributed by atoms with E-state index >= 15 is 0 Å². The van der Waals surface area contributed by atoms with E-state index in [1.165, 1.54) is 6.42 Å². The van der Waals surface area contributed by atoms with Crippen molar-refractivity contribution in [2.45, 2.75) is 57.9 Å². The van der Waals surface area contributed by atoms with Crippen molar-refractivity contribution in [3.05, 3.63) is 29.8 Å². The molecule has 5 heteroatoms. The van der Waals surface area contributed by atoms with Gasteiger partial charge in [-0.1, -0.05) is 39.0 Å². The number of aliphatic hydroxyl groups is 1. The molecule has 0 saturated carbocycles. The van der Waals surface area contributed by atoms with Gasteiger partial charge in [0.2, 0.25) is 0 Å². The number of likely N-dealkylation sites (tertiary alicyclic amines) is 1. The Morgan fingerprint density at radius 3 is 2.76 bits per heavy atom. The lowest BCUT2D eigenvalue weighted by molar-refractivity contribution is 0.157. The van der Waals surface area contributed by atoms with Crippen molar-refractivity contribution in [1.82, 2.24) is 10.2 Å². The maximum absolute atomic E-state index is 12.1. The Bertz CT molecular complexity index is 554. The van der Waals surface area contributed by atoms with Crippen LogP contribution in [0.4, 0.5) is 10.5 Å². The highest BCUT2D eigenvalue weighted by Crippen LogP contribution is 2.29. The molecule has 1 heterocycles. The quantitative estimate of drug-likeness (QED) is 0.663. The molecule has 5 nitrogen and oxygen atoms in total. The van der Waals surface area contributed by atoms with Crippen molar-refractivity contribution < 1.29 is 9.90 Å². The number of amides is 2. The van der Waals surface area contributed by atoms with Gasteiger partial charge in [-0.2, -0.15) is 0 Å². The lowest BCUT2D eigenvalue weighted by atomic mass is 9.86. The summed E-state index contributed by atoms with van der Waals surface area (Å²) >= 11 is 0. The minimum Gasteiger partial charge on any atom is -0.395 e. The van der Waals surface area contributed by atoms with Crippen LogP contribution in [0.2, 0.25) is 0 Å². The molecule has 0 bridgehead atoms. The molecule has 140 valence electrons. The number of anilines is 1. The van der Waals surface area contributed by atoms with E-state index in [1.54, 1.807) is 0 Å². The van der Waals surface area contributed by atoms with Crippen molar-refractivity contribution in [3.8, 4) is 0 Å². The van der Waals surface area contributed by atoms with Gasteiger partial charge in [0.25, 0.3) is 0 Å². The summed E-state index contributed by atoms with van der Waals surface area (Å²) in [6.45, 7) is 9.44. The van der Waals surface area contributed by atoms with Gasteiger partial charge in [0.05, 0.1) is 6.61 Å². The molecular formula is C20H33N3O2. The van der Waals surface area contributed by atoms with Crippen LogP contribution in [0.1, 0.15) is 52.0 Å². The smallest absolute Gasteiger partial charge is 0.319 e. The molecule has 1 aliphatic heterocycles. The molecule has 25 heavy (non-hydrogen) atoms. The largest absolute Gasteiger partial charge is 0.395 e. The molecule has 1 atom stereocenters. The summed E-state index contributed by atoms with van der Waals surface area (Å²) in [6.07, 6.45) is 4.27. The molecule has 0 aromatic heterocycles. The predicted molar refractivity (Wildman–Crippen MR) is 103 cm³/mol. The summed E-state index contributed by atoms with van der Waals surface area (Å²) in [7, 11) is 0. The number of rotatable bonds is 7. The number of urea groups is 1. The van der Waals surface area contributed by atoms with Gasteiger partial charge in [-0.25, -0.2) is 4.79 Å². The summed E-state index contributed by atoms with van der Waals surface area (Å²) in [4.78, 5) is 14.5. The van der Waals surface area contributed by atoms with E-state index in [0.717, 1.165) is 43.6 Å². The normalized spacial score (nSPS) is 18.3. The van der Waals surface area contributed by atoms with E-state index in [-0.39, 0.29) is 18.1 Å². The highest BCUT2D eigenvalue weighted by atomic mass is 16.3. The van der Waals surface area contributed by atoms with Crippen LogP contribution in [0, 0.1) is 0 Å². The Kier molecular flexibility index (Phi) is 7.26. The van der Waals surface area contributed by atoms with Gasteiger partial charge >= 0.3 is 6.03 Å². The molecule has 1 aromatic carbocycles. The van der Waals surface area contributed by atoms with Crippen LogP contribution in [0.25, 0.3) is 0 Å². The fourth-order valence-electron chi connectivity index (χ4n) is 3.45. The minimum absolute atomic E-state index is 0.0111. The maximum atomic E-state index is 12.1. The average molecular weight is 348 g/mol. The van der Waals surface area contributed by atoms with Gasteiger partial charge < -0.3 is 15.7 Å². The lowest BCUT2D eigenvalue weighted by Crippen LogP contribution is -2.34. The maximum Gasteiger partial charge on any atom is 0.319 e. The zero-order valence-electron chi connectivity index (χ0n) is 15.8. The molecule has 1 fully saturated rings. The topological polar surface area (TPSA) is 64.6 Å². The number of aliphatic hydroxyl groups excluding tert-OH is 1. The fourth-order valence-corrected chi connectivity index (χ4v) is 3.45. The standard InChI is InChI=1S/C20H33N3O2/c1-20(2,3)17-10-4-5-11-18(17)22-19(25)21-12-6-7-13-23-14-8-9-16(23)15-24/h4-5,10-11,16,24H,6-9,12-15H2,1-3H3,(H2,21,22,25)/t16-/m0/s1. The van der Waals surface area contributed by atoms with E-state index in [1.807, 2.05) is 18.2 Å².